The zero-order valence-electron chi connectivity index (χ0n) is 11.7. The van der Waals surface area contributed by atoms with Gasteiger partial charge in [0.05, 0.1) is 11.3 Å². The fourth-order valence-corrected chi connectivity index (χ4v) is 2.00. The highest BCUT2D eigenvalue weighted by atomic mass is 16.1. The summed E-state index contributed by atoms with van der Waals surface area (Å²) in [7, 11) is 0. The molecule has 0 radical (unpaired) electrons. The van der Waals surface area contributed by atoms with Crippen molar-refractivity contribution in [3.63, 3.8) is 0 Å². The molecule has 0 aliphatic heterocycles. The highest BCUT2D eigenvalue weighted by molar-refractivity contribution is 6.00. The largest absolute Gasteiger partial charge is 0.399 e. The lowest BCUT2D eigenvalue weighted by atomic mass is 10.1. The zero-order valence-corrected chi connectivity index (χ0v) is 11.7. The molecule has 2 aromatic rings. The number of carbonyl (C=O) groups is 1. The van der Waals surface area contributed by atoms with Gasteiger partial charge in [-0.05, 0) is 49.7 Å². The monoisotopic (exact) mass is 269 g/mol. The van der Waals surface area contributed by atoms with Crippen LogP contribution < -0.4 is 16.4 Å². The minimum atomic E-state index is -0.109. The number of amides is 1. The van der Waals surface area contributed by atoms with E-state index in [9.17, 15) is 4.79 Å². The quantitative estimate of drug-likeness (QED) is 0.747. The van der Waals surface area contributed by atoms with Gasteiger partial charge in [-0.25, -0.2) is 0 Å². The number of nitrogen functional groups attached to an aromatic ring is 1. The van der Waals surface area contributed by atoms with Crippen LogP contribution in [0.5, 0.6) is 0 Å². The maximum Gasteiger partial charge on any atom is 0.253 e. The van der Waals surface area contributed by atoms with Crippen LogP contribution in [0, 0.1) is 6.92 Å². The molecule has 104 valence electrons. The Bertz CT molecular complexity index is 623. The van der Waals surface area contributed by atoms with Gasteiger partial charge in [-0.3, -0.25) is 4.79 Å². The van der Waals surface area contributed by atoms with Crippen LogP contribution >= 0.6 is 0 Å². The number of hydrogen-bond donors (Lipinski definition) is 3. The lowest BCUT2D eigenvalue weighted by molar-refractivity contribution is 0.0956. The van der Waals surface area contributed by atoms with Crippen molar-refractivity contribution in [2.24, 2.45) is 0 Å². The fourth-order valence-electron chi connectivity index (χ4n) is 2.00. The Balaban J connectivity index is 2.34. The van der Waals surface area contributed by atoms with E-state index in [1.807, 2.05) is 38.1 Å². The second-order valence-electron chi connectivity index (χ2n) is 4.66. The van der Waals surface area contributed by atoms with Crippen LogP contribution in [0.15, 0.2) is 42.5 Å². The van der Waals surface area contributed by atoms with Crippen LogP contribution in [0.1, 0.15) is 22.8 Å². The van der Waals surface area contributed by atoms with Crippen molar-refractivity contribution in [1.29, 1.82) is 0 Å². The molecule has 2 rings (SSSR count). The van der Waals surface area contributed by atoms with Crippen molar-refractivity contribution in [1.82, 2.24) is 5.32 Å². The zero-order chi connectivity index (χ0) is 14.5. The summed E-state index contributed by atoms with van der Waals surface area (Å²) in [6, 6.07) is 13.2. The second-order valence-corrected chi connectivity index (χ2v) is 4.66. The first-order valence-corrected chi connectivity index (χ1v) is 6.61. The Hall–Kier alpha value is -2.49. The lowest BCUT2D eigenvalue weighted by Gasteiger charge is -2.13. The number of nitrogens with one attached hydrogen (secondary N) is 2. The van der Waals surface area contributed by atoms with Gasteiger partial charge in [-0.2, -0.15) is 0 Å². The van der Waals surface area contributed by atoms with Gasteiger partial charge in [-0.15, -0.1) is 0 Å². The van der Waals surface area contributed by atoms with Crippen LogP contribution in [-0.4, -0.2) is 12.5 Å². The molecule has 0 fully saturated rings. The minimum Gasteiger partial charge on any atom is -0.399 e. The number of rotatable bonds is 4. The third-order valence-electron chi connectivity index (χ3n) is 2.92. The number of anilines is 3. The van der Waals surface area contributed by atoms with Crippen LogP contribution in [0.3, 0.4) is 0 Å². The standard InChI is InChI=1S/C16H19N3O/c1-3-18-16(20)14-8-7-12(17)10-15(14)19-13-6-4-5-11(2)9-13/h4-10,19H,3,17H2,1-2H3,(H,18,20). The summed E-state index contributed by atoms with van der Waals surface area (Å²) in [5.41, 5.74) is 9.81. The van der Waals surface area contributed by atoms with Gasteiger partial charge in [0.1, 0.15) is 0 Å². The molecule has 20 heavy (non-hydrogen) atoms. The van der Waals surface area contributed by atoms with Gasteiger partial charge >= 0.3 is 0 Å². The molecule has 0 saturated heterocycles. The molecule has 0 atom stereocenters. The Morgan fingerprint density at radius 2 is 2.00 bits per heavy atom. The first-order chi connectivity index (χ1) is 9.60. The molecule has 0 aliphatic carbocycles. The van der Waals surface area contributed by atoms with E-state index in [1.165, 1.54) is 0 Å². The summed E-state index contributed by atoms with van der Waals surface area (Å²) in [5, 5.41) is 6.05. The number of nitrogens with two attached hydrogens (primary N) is 1. The molecule has 0 bridgehead atoms. The van der Waals surface area contributed by atoms with E-state index >= 15 is 0 Å². The Morgan fingerprint density at radius 3 is 2.70 bits per heavy atom. The normalized spacial score (nSPS) is 10.1. The molecule has 4 N–H and O–H groups in total. The average molecular weight is 269 g/mol. The van der Waals surface area contributed by atoms with Crippen molar-refractivity contribution in [2.45, 2.75) is 13.8 Å². The van der Waals surface area contributed by atoms with Gasteiger partial charge in [-0.1, -0.05) is 12.1 Å². The lowest BCUT2D eigenvalue weighted by Crippen LogP contribution is -2.23. The first kappa shape index (κ1) is 13.9. The van der Waals surface area contributed by atoms with Gasteiger partial charge in [0, 0.05) is 17.9 Å². The van der Waals surface area contributed by atoms with Crippen molar-refractivity contribution in [2.75, 3.05) is 17.6 Å². The molecular weight excluding hydrogens is 250 g/mol. The summed E-state index contributed by atoms with van der Waals surface area (Å²) in [5.74, 6) is -0.109. The van der Waals surface area contributed by atoms with Gasteiger partial charge < -0.3 is 16.4 Å². The van der Waals surface area contributed by atoms with Gasteiger partial charge in [0.25, 0.3) is 5.91 Å². The van der Waals surface area contributed by atoms with Crippen LogP contribution in [0.2, 0.25) is 0 Å². The number of hydrogen-bond acceptors (Lipinski definition) is 3. The summed E-state index contributed by atoms with van der Waals surface area (Å²) in [6.07, 6.45) is 0. The van der Waals surface area contributed by atoms with E-state index < -0.39 is 0 Å². The van der Waals surface area contributed by atoms with Crippen LogP contribution in [0.25, 0.3) is 0 Å². The van der Waals surface area contributed by atoms with E-state index in [1.54, 1.807) is 18.2 Å². The molecule has 1 amide bonds. The Labute approximate surface area is 119 Å². The van der Waals surface area contributed by atoms with E-state index in [4.69, 9.17) is 5.73 Å². The predicted molar refractivity (Wildman–Crippen MR) is 83.3 cm³/mol. The average Bonchev–Trinajstić information content (AvgIpc) is 2.39. The SMILES string of the molecule is CCNC(=O)c1ccc(N)cc1Nc1cccc(C)c1. The smallest absolute Gasteiger partial charge is 0.253 e. The molecule has 0 saturated carbocycles. The first-order valence-electron chi connectivity index (χ1n) is 6.61. The van der Waals surface area contributed by atoms with Crippen molar-refractivity contribution >= 4 is 23.0 Å². The Kier molecular flexibility index (Phi) is 4.25. The molecule has 0 heterocycles. The van der Waals surface area contributed by atoms with Crippen molar-refractivity contribution in [3.8, 4) is 0 Å². The van der Waals surface area contributed by atoms with Gasteiger partial charge in [0.2, 0.25) is 0 Å². The molecule has 0 spiro atoms. The molecular formula is C16H19N3O. The summed E-state index contributed by atoms with van der Waals surface area (Å²) in [6.45, 7) is 4.51. The highest BCUT2D eigenvalue weighted by Gasteiger charge is 2.11. The van der Waals surface area contributed by atoms with E-state index in [-0.39, 0.29) is 5.91 Å². The van der Waals surface area contributed by atoms with Crippen LogP contribution in [0.4, 0.5) is 17.1 Å². The molecule has 0 unspecified atom stereocenters. The van der Waals surface area contributed by atoms with Crippen molar-refractivity contribution < 1.29 is 4.79 Å². The highest BCUT2D eigenvalue weighted by Crippen LogP contribution is 2.24. The molecule has 0 aromatic heterocycles. The number of aryl methyl sites for hydroxylation is 1. The van der Waals surface area contributed by atoms with Crippen molar-refractivity contribution in [3.05, 3.63) is 53.6 Å². The van der Waals surface area contributed by atoms with Gasteiger partial charge in [0.15, 0.2) is 0 Å². The van der Waals surface area contributed by atoms with E-state index in [0.717, 1.165) is 11.3 Å². The third-order valence-corrected chi connectivity index (χ3v) is 2.92. The number of benzene rings is 2. The topological polar surface area (TPSA) is 67.2 Å². The molecule has 4 heteroatoms. The number of carbonyl (C=O) groups excluding carboxylic acids is 1. The predicted octanol–water partition coefficient (Wildman–Crippen LogP) is 3.07. The maximum absolute atomic E-state index is 12.0. The molecule has 2 aromatic carbocycles. The van der Waals surface area contributed by atoms with E-state index in [0.29, 0.717) is 23.5 Å². The second kappa shape index (κ2) is 6.10. The Morgan fingerprint density at radius 1 is 1.20 bits per heavy atom. The molecule has 0 aliphatic rings. The fraction of sp³-hybridized carbons (Fsp3) is 0.188. The van der Waals surface area contributed by atoms with E-state index in [2.05, 4.69) is 10.6 Å². The summed E-state index contributed by atoms with van der Waals surface area (Å²) in [4.78, 5) is 12.0. The maximum atomic E-state index is 12.0. The molecule has 4 nitrogen and oxygen atoms in total. The minimum absolute atomic E-state index is 0.109. The summed E-state index contributed by atoms with van der Waals surface area (Å²) >= 11 is 0. The summed E-state index contributed by atoms with van der Waals surface area (Å²) < 4.78 is 0. The van der Waals surface area contributed by atoms with Crippen LogP contribution in [-0.2, 0) is 0 Å². The third kappa shape index (κ3) is 3.29.